The molecule has 3 nitrogen and oxygen atoms in total. The summed E-state index contributed by atoms with van der Waals surface area (Å²) < 4.78 is 5.66. The third-order valence-corrected chi connectivity index (χ3v) is 3.82. The van der Waals surface area contributed by atoms with Gasteiger partial charge in [-0.2, -0.15) is 0 Å². The molecule has 1 amide bonds. The number of hydrogen-bond donors (Lipinski definition) is 0. The van der Waals surface area contributed by atoms with Crippen LogP contribution in [0.1, 0.15) is 26.7 Å². The second kappa shape index (κ2) is 2.08. The second-order valence-corrected chi connectivity index (χ2v) is 4.96. The van der Waals surface area contributed by atoms with Crippen molar-refractivity contribution in [1.82, 2.24) is 4.90 Å². The monoisotopic (exact) mass is 181 g/mol. The zero-order valence-electron chi connectivity index (χ0n) is 8.12. The van der Waals surface area contributed by atoms with Crippen LogP contribution in [0.3, 0.4) is 0 Å². The van der Waals surface area contributed by atoms with Crippen LogP contribution < -0.4 is 0 Å². The number of carbonyl (C=O) groups is 1. The standard InChI is InChI=1S/C10H15NO2/c1-10(2)11-8(5-13-10)6-3-7(4-6)9(11)12/h6-8H,3-5H2,1-2H3. The van der Waals surface area contributed by atoms with Gasteiger partial charge in [-0.25, -0.2) is 0 Å². The van der Waals surface area contributed by atoms with Gasteiger partial charge >= 0.3 is 0 Å². The molecular weight excluding hydrogens is 166 g/mol. The fourth-order valence-corrected chi connectivity index (χ4v) is 2.98. The fraction of sp³-hybridized carbons (Fsp3) is 0.900. The van der Waals surface area contributed by atoms with Crippen LogP contribution in [0.4, 0.5) is 0 Å². The van der Waals surface area contributed by atoms with Gasteiger partial charge in [-0.05, 0) is 32.6 Å². The molecule has 0 N–H and O–H groups in total. The molecule has 4 fully saturated rings. The van der Waals surface area contributed by atoms with Gasteiger partial charge in [0, 0.05) is 5.92 Å². The molecule has 0 aromatic carbocycles. The highest BCUT2D eigenvalue weighted by Crippen LogP contribution is 2.49. The van der Waals surface area contributed by atoms with Crippen molar-refractivity contribution in [2.24, 2.45) is 11.8 Å². The quantitative estimate of drug-likeness (QED) is 0.557. The topological polar surface area (TPSA) is 29.5 Å². The van der Waals surface area contributed by atoms with Crippen molar-refractivity contribution in [2.45, 2.75) is 38.5 Å². The molecule has 0 aromatic rings. The summed E-state index contributed by atoms with van der Waals surface area (Å²) in [7, 11) is 0. The minimum Gasteiger partial charge on any atom is -0.354 e. The van der Waals surface area contributed by atoms with E-state index in [4.69, 9.17) is 4.74 Å². The molecule has 4 rings (SSSR count). The Balaban J connectivity index is 1.97. The van der Waals surface area contributed by atoms with Crippen LogP contribution in [0.2, 0.25) is 0 Å². The Hall–Kier alpha value is -0.570. The molecule has 0 spiro atoms. The van der Waals surface area contributed by atoms with Gasteiger partial charge in [0.2, 0.25) is 5.91 Å². The lowest BCUT2D eigenvalue weighted by Gasteiger charge is -2.51. The predicted octanol–water partition coefficient (Wildman–Crippen LogP) is 0.990. The highest BCUT2D eigenvalue weighted by Gasteiger charge is 2.57. The average molecular weight is 181 g/mol. The first-order valence-corrected chi connectivity index (χ1v) is 5.07. The van der Waals surface area contributed by atoms with Crippen LogP contribution in [-0.4, -0.2) is 29.2 Å². The van der Waals surface area contributed by atoms with E-state index in [1.54, 1.807) is 0 Å². The largest absolute Gasteiger partial charge is 0.354 e. The summed E-state index contributed by atoms with van der Waals surface area (Å²) in [6.07, 6.45) is 2.22. The van der Waals surface area contributed by atoms with Gasteiger partial charge in [0.1, 0.15) is 5.72 Å². The summed E-state index contributed by atoms with van der Waals surface area (Å²) >= 11 is 0. The molecule has 3 heterocycles. The maximum absolute atomic E-state index is 11.9. The summed E-state index contributed by atoms with van der Waals surface area (Å²) in [5.74, 6) is 1.38. The molecule has 4 aliphatic rings. The first kappa shape index (κ1) is 7.80. The number of nitrogens with zero attached hydrogens (tertiary/aromatic N) is 1. The third-order valence-electron chi connectivity index (χ3n) is 3.82. The molecule has 1 aliphatic carbocycles. The van der Waals surface area contributed by atoms with Crippen molar-refractivity contribution in [3.63, 3.8) is 0 Å². The molecule has 13 heavy (non-hydrogen) atoms. The van der Waals surface area contributed by atoms with Gasteiger partial charge in [-0.3, -0.25) is 4.79 Å². The van der Waals surface area contributed by atoms with Crippen LogP contribution in [0, 0.1) is 11.8 Å². The molecule has 72 valence electrons. The van der Waals surface area contributed by atoms with Crippen LogP contribution in [0.5, 0.6) is 0 Å². The maximum Gasteiger partial charge on any atom is 0.228 e. The van der Waals surface area contributed by atoms with Gasteiger partial charge in [0.05, 0.1) is 12.6 Å². The minimum atomic E-state index is -0.348. The van der Waals surface area contributed by atoms with E-state index in [-0.39, 0.29) is 5.72 Å². The molecule has 1 atom stereocenters. The molecule has 3 saturated heterocycles. The third kappa shape index (κ3) is 0.810. The Kier molecular flexibility index (Phi) is 1.25. The van der Waals surface area contributed by atoms with Gasteiger partial charge in [-0.1, -0.05) is 0 Å². The van der Waals surface area contributed by atoms with Crippen LogP contribution in [0.15, 0.2) is 0 Å². The Morgan fingerprint density at radius 2 is 2.15 bits per heavy atom. The summed E-state index contributed by atoms with van der Waals surface area (Å²) in [6, 6.07) is 0.382. The molecule has 3 heteroatoms. The first-order valence-electron chi connectivity index (χ1n) is 5.07. The van der Waals surface area contributed by atoms with Crippen molar-refractivity contribution >= 4 is 5.91 Å². The molecule has 1 saturated carbocycles. The molecule has 0 radical (unpaired) electrons. The number of rotatable bonds is 0. The number of amides is 1. The van der Waals surface area contributed by atoms with Gasteiger partial charge in [0.25, 0.3) is 0 Å². The van der Waals surface area contributed by atoms with Crippen molar-refractivity contribution < 1.29 is 9.53 Å². The Morgan fingerprint density at radius 1 is 1.46 bits per heavy atom. The van der Waals surface area contributed by atoms with E-state index in [0.717, 1.165) is 25.4 Å². The SMILES string of the molecule is CC1(C)OCC2C3CC(C3)C(=O)N21. The second-order valence-electron chi connectivity index (χ2n) is 4.96. The summed E-state index contributed by atoms with van der Waals surface area (Å²) in [5, 5.41) is 0. The Bertz CT molecular complexity index is 268. The van der Waals surface area contributed by atoms with Gasteiger partial charge in [0.15, 0.2) is 0 Å². The Labute approximate surface area is 78.0 Å². The lowest BCUT2D eigenvalue weighted by molar-refractivity contribution is -0.167. The van der Waals surface area contributed by atoms with E-state index in [1.807, 2.05) is 18.7 Å². The van der Waals surface area contributed by atoms with E-state index in [2.05, 4.69) is 0 Å². The van der Waals surface area contributed by atoms with E-state index in [1.165, 1.54) is 0 Å². The van der Waals surface area contributed by atoms with E-state index >= 15 is 0 Å². The molecule has 1 unspecified atom stereocenters. The smallest absolute Gasteiger partial charge is 0.228 e. The normalized spacial score (nSPS) is 45.8. The number of piperidine rings is 2. The number of carbonyl (C=O) groups excluding carboxylic acids is 1. The summed E-state index contributed by atoms with van der Waals surface area (Å²) in [4.78, 5) is 13.9. The molecule has 0 aromatic heterocycles. The molecule has 2 bridgehead atoms. The van der Waals surface area contributed by atoms with Crippen molar-refractivity contribution in [3.05, 3.63) is 0 Å². The fourth-order valence-electron chi connectivity index (χ4n) is 2.98. The van der Waals surface area contributed by atoms with Crippen molar-refractivity contribution in [3.8, 4) is 0 Å². The Morgan fingerprint density at radius 3 is 2.77 bits per heavy atom. The molecule has 3 aliphatic heterocycles. The lowest BCUT2D eigenvalue weighted by atomic mass is 9.66. The first-order chi connectivity index (χ1) is 6.09. The summed E-state index contributed by atoms with van der Waals surface area (Å²) in [5.41, 5.74) is -0.348. The predicted molar refractivity (Wildman–Crippen MR) is 46.9 cm³/mol. The van der Waals surface area contributed by atoms with Crippen molar-refractivity contribution in [2.75, 3.05) is 6.61 Å². The van der Waals surface area contributed by atoms with Crippen LogP contribution in [0.25, 0.3) is 0 Å². The maximum atomic E-state index is 11.9. The van der Waals surface area contributed by atoms with Crippen LogP contribution >= 0.6 is 0 Å². The minimum absolute atomic E-state index is 0.322. The average Bonchev–Trinajstić information content (AvgIpc) is 2.25. The van der Waals surface area contributed by atoms with Crippen molar-refractivity contribution in [1.29, 1.82) is 0 Å². The van der Waals surface area contributed by atoms with Crippen LogP contribution in [-0.2, 0) is 9.53 Å². The number of hydrogen-bond acceptors (Lipinski definition) is 2. The number of ether oxygens (including phenoxy) is 1. The molecular formula is C10H15NO2. The summed E-state index contributed by atoms with van der Waals surface area (Å²) in [6.45, 7) is 4.74. The lowest BCUT2D eigenvalue weighted by Crippen LogP contribution is -2.61. The van der Waals surface area contributed by atoms with Gasteiger partial charge in [-0.15, -0.1) is 0 Å². The van der Waals surface area contributed by atoms with E-state index in [9.17, 15) is 4.79 Å². The van der Waals surface area contributed by atoms with Gasteiger partial charge < -0.3 is 9.64 Å². The highest BCUT2D eigenvalue weighted by atomic mass is 16.5. The van der Waals surface area contributed by atoms with E-state index in [0.29, 0.717) is 17.9 Å². The zero-order chi connectivity index (χ0) is 9.22. The zero-order valence-corrected chi connectivity index (χ0v) is 8.12. The highest BCUT2D eigenvalue weighted by molar-refractivity contribution is 5.82. The van der Waals surface area contributed by atoms with E-state index < -0.39 is 0 Å².